The van der Waals surface area contributed by atoms with Gasteiger partial charge in [0.25, 0.3) is 0 Å². The summed E-state index contributed by atoms with van der Waals surface area (Å²) in [7, 11) is 0. The molecule has 2 rings (SSSR count). The van der Waals surface area contributed by atoms with Crippen LogP contribution < -0.4 is 5.73 Å². The van der Waals surface area contributed by atoms with Crippen molar-refractivity contribution in [1.82, 2.24) is 4.90 Å². The highest BCUT2D eigenvalue weighted by molar-refractivity contribution is 4.86. The fraction of sp³-hybridized carbons (Fsp3) is 1.00. The van der Waals surface area contributed by atoms with E-state index in [0.717, 1.165) is 31.7 Å². The third-order valence-electron chi connectivity index (χ3n) is 4.75. The lowest BCUT2D eigenvalue weighted by Crippen LogP contribution is -2.48. The van der Waals surface area contributed by atoms with Crippen molar-refractivity contribution in [2.24, 2.45) is 11.7 Å². The molecular weight excluding hydrogens is 212 g/mol. The normalized spacial score (nSPS) is 36.4. The minimum atomic E-state index is 0.454. The maximum atomic E-state index is 6.00. The fourth-order valence-electron chi connectivity index (χ4n) is 3.52. The standard InChI is InChI=1S/C14H28N2O/c1-3-16(11(2)12-8-9-17-10-12)14-6-4-13(15)5-7-14/h11-14H,3-10,15H2,1-2H3. The van der Waals surface area contributed by atoms with Gasteiger partial charge < -0.3 is 10.5 Å². The molecule has 0 bridgehead atoms. The van der Waals surface area contributed by atoms with Gasteiger partial charge in [0.2, 0.25) is 0 Å². The Hall–Kier alpha value is -0.120. The van der Waals surface area contributed by atoms with Crippen molar-refractivity contribution in [1.29, 1.82) is 0 Å². The highest BCUT2D eigenvalue weighted by Gasteiger charge is 2.31. The van der Waals surface area contributed by atoms with Crippen LogP contribution in [0.15, 0.2) is 0 Å². The molecule has 100 valence electrons. The van der Waals surface area contributed by atoms with E-state index in [1.54, 1.807) is 0 Å². The van der Waals surface area contributed by atoms with Crippen LogP contribution in [0.1, 0.15) is 46.0 Å². The van der Waals surface area contributed by atoms with Gasteiger partial charge in [0, 0.05) is 24.7 Å². The minimum Gasteiger partial charge on any atom is -0.381 e. The summed E-state index contributed by atoms with van der Waals surface area (Å²) in [6, 6.07) is 1.88. The first-order valence-corrected chi connectivity index (χ1v) is 7.31. The molecule has 2 aliphatic rings. The van der Waals surface area contributed by atoms with Crippen LogP contribution in [0.3, 0.4) is 0 Å². The average molecular weight is 240 g/mol. The number of nitrogens with two attached hydrogens (primary N) is 1. The zero-order valence-corrected chi connectivity index (χ0v) is 11.4. The fourth-order valence-corrected chi connectivity index (χ4v) is 3.52. The Bertz CT molecular complexity index is 220. The van der Waals surface area contributed by atoms with Gasteiger partial charge in [-0.15, -0.1) is 0 Å². The largest absolute Gasteiger partial charge is 0.381 e. The minimum absolute atomic E-state index is 0.454. The first-order chi connectivity index (χ1) is 8.22. The summed E-state index contributed by atoms with van der Waals surface area (Å²) in [5.41, 5.74) is 6.00. The van der Waals surface area contributed by atoms with Crippen molar-refractivity contribution >= 4 is 0 Å². The second kappa shape index (κ2) is 6.17. The quantitative estimate of drug-likeness (QED) is 0.817. The second-order valence-corrected chi connectivity index (χ2v) is 5.76. The van der Waals surface area contributed by atoms with Crippen molar-refractivity contribution in [3.05, 3.63) is 0 Å². The summed E-state index contributed by atoms with van der Waals surface area (Å²) in [6.07, 6.45) is 6.22. The molecule has 0 aromatic carbocycles. The molecule has 0 spiro atoms. The molecule has 1 saturated heterocycles. The maximum Gasteiger partial charge on any atom is 0.0509 e. The Morgan fingerprint density at radius 1 is 1.24 bits per heavy atom. The molecule has 2 atom stereocenters. The molecule has 1 aliphatic heterocycles. The Labute approximate surface area is 106 Å². The molecule has 3 nitrogen and oxygen atoms in total. The van der Waals surface area contributed by atoms with Crippen LogP contribution in [-0.2, 0) is 4.74 Å². The van der Waals surface area contributed by atoms with Crippen LogP contribution >= 0.6 is 0 Å². The predicted octanol–water partition coefficient (Wildman–Crippen LogP) is 2.00. The number of hydrogen-bond donors (Lipinski definition) is 1. The summed E-state index contributed by atoms with van der Waals surface area (Å²) in [5.74, 6) is 0.741. The molecule has 0 amide bonds. The molecule has 1 saturated carbocycles. The number of hydrogen-bond acceptors (Lipinski definition) is 3. The first-order valence-electron chi connectivity index (χ1n) is 7.31. The van der Waals surface area contributed by atoms with E-state index in [-0.39, 0.29) is 0 Å². The molecule has 2 fully saturated rings. The summed E-state index contributed by atoms with van der Waals surface area (Å²) in [6.45, 7) is 7.77. The van der Waals surface area contributed by atoms with E-state index in [0.29, 0.717) is 12.1 Å². The molecule has 2 N–H and O–H groups in total. The highest BCUT2D eigenvalue weighted by Crippen LogP contribution is 2.28. The molecular formula is C14H28N2O. The molecule has 0 aromatic rings. The third-order valence-corrected chi connectivity index (χ3v) is 4.75. The molecule has 3 heteroatoms. The molecule has 1 heterocycles. The van der Waals surface area contributed by atoms with E-state index >= 15 is 0 Å². The summed E-state index contributed by atoms with van der Waals surface area (Å²) in [5, 5.41) is 0. The second-order valence-electron chi connectivity index (χ2n) is 5.76. The van der Waals surface area contributed by atoms with Crippen LogP contribution in [0.4, 0.5) is 0 Å². The third kappa shape index (κ3) is 3.21. The van der Waals surface area contributed by atoms with Crippen molar-refractivity contribution < 1.29 is 4.74 Å². The smallest absolute Gasteiger partial charge is 0.0509 e. The van der Waals surface area contributed by atoms with Crippen LogP contribution in [-0.4, -0.2) is 42.8 Å². The van der Waals surface area contributed by atoms with Gasteiger partial charge in [0.15, 0.2) is 0 Å². The van der Waals surface area contributed by atoms with E-state index in [4.69, 9.17) is 10.5 Å². The van der Waals surface area contributed by atoms with Gasteiger partial charge in [0.05, 0.1) is 6.61 Å². The highest BCUT2D eigenvalue weighted by atomic mass is 16.5. The van der Waals surface area contributed by atoms with E-state index in [1.165, 1.54) is 32.1 Å². The zero-order valence-electron chi connectivity index (χ0n) is 11.4. The number of nitrogens with zero attached hydrogens (tertiary/aromatic N) is 1. The van der Waals surface area contributed by atoms with Gasteiger partial charge in [-0.2, -0.15) is 0 Å². The maximum absolute atomic E-state index is 6.00. The van der Waals surface area contributed by atoms with Crippen LogP contribution in [0.5, 0.6) is 0 Å². The lowest BCUT2D eigenvalue weighted by molar-refractivity contribution is 0.0738. The van der Waals surface area contributed by atoms with Crippen molar-refractivity contribution in [3.63, 3.8) is 0 Å². The monoisotopic (exact) mass is 240 g/mol. The van der Waals surface area contributed by atoms with Crippen LogP contribution in [0.2, 0.25) is 0 Å². The van der Waals surface area contributed by atoms with E-state index < -0.39 is 0 Å². The first kappa shape index (κ1) is 13.3. The Morgan fingerprint density at radius 3 is 2.47 bits per heavy atom. The number of rotatable bonds is 4. The Balaban J connectivity index is 1.90. The summed E-state index contributed by atoms with van der Waals surface area (Å²) >= 11 is 0. The lowest BCUT2D eigenvalue weighted by Gasteiger charge is -2.41. The molecule has 0 aromatic heterocycles. The van der Waals surface area contributed by atoms with Gasteiger partial charge >= 0.3 is 0 Å². The SMILES string of the molecule is CCN(C1CCC(N)CC1)C(C)C1CCOC1. The van der Waals surface area contributed by atoms with Gasteiger partial charge in [-0.3, -0.25) is 4.90 Å². The Kier molecular flexibility index (Phi) is 4.83. The summed E-state index contributed by atoms with van der Waals surface area (Å²) in [4.78, 5) is 2.70. The molecule has 0 radical (unpaired) electrons. The van der Waals surface area contributed by atoms with E-state index in [9.17, 15) is 0 Å². The lowest BCUT2D eigenvalue weighted by atomic mass is 9.88. The van der Waals surface area contributed by atoms with Crippen LogP contribution in [0, 0.1) is 5.92 Å². The van der Waals surface area contributed by atoms with Gasteiger partial charge in [-0.05, 0) is 51.5 Å². The van der Waals surface area contributed by atoms with Gasteiger partial charge in [-0.25, -0.2) is 0 Å². The van der Waals surface area contributed by atoms with Crippen molar-refractivity contribution in [2.75, 3.05) is 19.8 Å². The van der Waals surface area contributed by atoms with Gasteiger partial charge in [-0.1, -0.05) is 6.92 Å². The number of ether oxygens (including phenoxy) is 1. The molecule has 2 unspecified atom stereocenters. The van der Waals surface area contributed by atoms with E-state index in [2.05, 4.69) is 18.7 Å². The predicted molar refractivity (Wildman–Crippen MR) is 71.0 cm³/mol. The molecule has 1 aliphatic carbocycles. The zero-order chi connectivity index (χ0) is 12.3. The Morgan fingerprint density at radius 2 is 1.94 bits per heavy atom. The van der Waals surface area contributed by atoms with Gasteiger partial charge in [0.1, 0.15) is 0 Å². The average Bonchev–Trinajstić information content (AvgIpc) is 2.86. The van der Waals surface area contributed by atoms with E-state index in [1.807, 2.05) is 0 Å². The summed E-state index contributed by atoms with van der Waals surface area (Å²) < 4.78 is 5.53. The topological polar surface area (TPSA) is 38.5 Å². The van der Waals surface area contributed by atoms with Crippen molar-refractivity contribution in [2.45, 2.75) is 64.1 Å². The molecule has 17 heavy (non-hydrogen) atoms. The van der Waals surface area contributed by atoms with Crippen molar-refractivity contribution in [3.8, 4) is 0 Å². The van der Waals surface area contributed by atoms with Crippen LogP contribution in [0.25, 0.3) is 0 Å².